The highest BCUT2D eigenvalue weighted by molar-refractivity contribution is 5.83. The van der Waals surface area contributed by atoms with Gasteiger partial charge in [0.1, 0.15) is 5.75 Å². The van der Waals surface area contributed by atoms with Crippen molar-refractivity contribution < 1.29 is 14.6 Å². The summed E-state index contributed by atoms with van der Waals surface area (Å²) in [5.74, 6) is 0.344. The second-order valence-electron chi connectivity index (χ2n) is 5.79. The van der Waals surface area contributed by atoms with E-state index in [4.69, 9.17) is 4.74 Å². The molecule has 1 fully saturated rings. The number of hydrogen-bond donors (Lipinski definition) is 2. The second-order valence-corrected chi connectivity index (χ2v) is 5.79. The maximum Gasteiger partial charge on any atom is 0.231 e. The molecule has 5 nitrogen and oxygen atoms in total. The molecular weight excluding hydrogens is 268 g/mol. The minimum absolute atomic E-state index is 0.120. The lowest BCUT2D eigenvalue weighted by atomic mass is 9.78. The number of hydrogen-bond acceptors (Lipinski definition) is 4. The summed E-state index contributed by atoms with van der Waals surface area (Å²) in [6.45, 7) is 2.63. The third-order valence-electron chi connectivity index (χ3n) is 4.11. The van der Waals surface area contributed by atoms with Crippen LogP contribution in [0.5, 0.6) is 5.75 Å². The van der Waals surface area contributed by atoms with Gasteiger partial charge in [0, 0.05) is 20.7 Å². The number of methoxy groups -OCH3 is 1. The summed E-state index contributed by atoms with van der Waals surface area (Å²) in [7, 11) is 3.46. The number of nitrogens with zero attached hydrogens (tertiary/aromatic N) is 1. The number of ether oxygens (including phenoxy) is 1. The van der Waals surface area contributed by atoms with Crippen molar-refractivity contribution in [2.24, 2.45) is 5.41 Å². The van der Waals surface area contributed by atoms with Crippen molar-refractivity contribution in [2.45, 2.75) is 19.4 Å². The predicted molar refractivity (Wildman–Crippen MR) is 81.0 cm³/mol. The zero-order valence-electron chi connectivity index (χ0n) is 12.8. The second kappa shape index (κ2) is 6.91. The quantitative estimate of drug-likeness (QED) is 0.860. The average Bonchev–Trinajstić information content (AvgIpc) is 2.47. The molecule has 0 unspecified atom stereocenters. The van der Waals surface area contributed by atoms with Crippen molar-refractivity contribution in [1.29, 1.82) is 0 Å². The Morgan fingerprint density at radius 3 is 2.76 bits per heavy atom. The molecular formula is C16H24N2O3. The van der Waals surface area contributed by atoms with Crippen molar-refractivity contribution in [3.63, 3.8) is 0 Å². The molecule has 2 rings (SSSR count). The van der Waals surface area contributed by atoms with Crippen LogP contribution >= 0.6 is 0 Å². The lowest BCUT2D eigenvalue weighted by molar-refractivity contribution is -0.146. The maximum atomic E-state index is 12.9. The molecule has 1 aromatic rings. The van der Waals surface area contributed by atoms with Crippen LogP contribution in [0.1, 0.15) is 18.4 Å². The van der Waals surface area contributed by atoms with Crippen LogP contribution < -0.4 is 5.32 Å². The van der Waals surface area contributed by atoms with E-state index in [-0.39, 0.29) is 11.7 Å². The first-order valence-corrected chi connectivity index (χ1v) is 7.30. The van der Waals surface area contributed by atoms with Crippen LogP contribution in [-0.4, -0.2) is 49.8 Å². The smallest absolute Gasteiger partial charge is 0.231 e. The SMILES string of the molecule is COCC1(C(=O)N(C)Cc2cccc(O)c2)CCNCC1. The lowest BCUT2D eigenvalue weighted by Gasteiger charge is -2.38. The molecule has 1 heterocycles. The molecule has 0 radical (unpaired) electrons. The van der Waals surface area contributed by atoms with Gasteiger partial charge in [0.15, 0.2) is 0 Å². The van der Waals surface area contributed by atoms with Crippen LogP contribution in [0, 0.1) is 5.41 Å². The number of carbonyl (C=O) groups is 1. The Bertz CT molecular complexity index is 479. The number of aromatic hydroxyl groups is 1. The van der Waals surface area contributed by atoms with Gasteiger partial charge in [0.05, 0.1) is 12.0 Å². The van der Waals surface area contributed by atoms with Gasteiger partial charge in [0.2, 0.25) is 5.91 Å². The number of amides is 1. The molecule has 2 N–H and O–H groups in total. The number of piperidine rings is 1. The van der Waals surface area contributed by atoms with E-state index in [1.54, 1.807) is 30.2 Å². The standard InChI is InChI=1S/C16H24N2O3/c1-18(11-13-4-3-5-14(19)10-13)15(20)16(12-21-2)6-8-17-9-7-16/h3-5,10,17,19H,6-9,11-12H2,1-2H3. The molecule has 0 bridgehead atoms. The predicted octanol–water partition coefficient (Wildman–Crippen LogP) is 1.37. The normalized spacial score (nSPS) is 17.4. The largest absolute Gasteiger partial charge is 0.508 e. The highest BCUT2D eigenvalue weighted by atomic mass is 16.5. The number of rotatable bonds is 5. The van der Waals surface area contributed by atoms with Crippen LogP contribution in [0.2, 0.25) is 0 Å². The van der Waals surface area contributed by atoms with Gasteiger partial charge in [-0.2, -0.15) is 0 Å². The summed E-state index contributed by atoms with van der Waals surface area (Å²) in [6, 6.07) is 7.02. The molecule has 21 heavy (non-hydrogen) atoms. The highest BCUT2D eigenvalue weighted by Gasteiger charge is 2.41. The molecule has 116 valence electrons. The number of carbonyl (C=O) groups excluding carboxylic acids is 1. The number of nitrogens with one attached hydrogen (secondary N) is 1. The van der Waals surface area contributed by atoms with E-state index in [9.17, 15) is 9.90 Å². The van der Waals surface area contributed by atoms with E-state index in [0.29, 0.717) is 13.2 Å². The van der Waals surface area contributed by atoms with Crippen LogP contribution in [0.25, 0.3) is 0 Å². The van der Waals surface area contributed by atoms with E-state index in [0.717, 1.165) is 31.5 Å². The van der Waals surface area contributed by atoms with Crippen molar-refractivity contribution in [1.82, 2.24) is 10.2 Å². The average molecular weight is 292 g/mol. The Balaban J connectivity index is 2.09. The summed E-state index contributed by atoms with van der Waals surface area (Å²) in [5.41, 5.74) is 0.498. The molecule has 5 heteroatoms. The van der Waals surface area contributed by atoms with Gasteiger partial charge in [0.25, 0.3) is 0 Å². The molecule has 0 saturated carbocycles. The van der Waals surface area contributed by atoms with Crippen LogP contribution in [0.15, 0.2) is 24.3 Å². The van der Waals surface area contributed by atoms with Crippen LogP contribution in [-0.2, 0) is 16.1 Å². The van der Waals surface area contributed by atoms with Gasteiger partial charge in [-0.15, -0.1) is 0 Å². The maximum absolute atomic E-state index is 12.9. The summed E-state index contributed by atoms with van der Waals surface area (Å²) >= 11 is 0. The molecule has 1 aliphatic heterocycles. The third-order valence-corrected chi connectivity index (χ3v) is 4.11. The van der Waals surface area contributed by atoms with Gasteiger partial charge in [-0.25, -0.2) is 0 Å². The Kier molecular flexibility index (Phi) is 5.20. The van der Waals surface area contributed by atoms with Crippen molar-refractivity contribution in [3.05, 3.63) is 29.8 Å². The lowest BCUT2D eigenvalue weighted by Crippen LogP contribution is -2.50. The molecule has 0 aliphatic carbocycles. The number of phenols is 1. The molecule has 0 spiro atoms. The minimum atomic E-state index is -0.425. The highest BCUT2D eigenvalue weighted by Crippen LogP contribution is 2.31. The topological polar surface area (TPSA) is 61.8 Å². The zero-order chi connectivity index (χ0) is 15.3. The summed E-state index contributed by atoms with van der Waals surface area (Å²) < 4.78 is 5.31. The van der Waals surface area contributed by atoms with Gasteiger partial charge in [-0.05, 0) is 43.6 Å². The van der Waals surface area contributed by atoms with Crippen LogP contribution in [0.4, 0.5) is 0 Å². The number of benzene rings is 1. The summed E-state index contributed by atoms with van der Waals surface area (Å²) in [5, 5.41) is 12.8. The van der Waals surface area contributed by atoms with Gasteiger partial charge < -0.3 is 20.1 Å². The molecule has 0 atom stereocenters. The first-order valence-electron chi connectivity index (χ1n) is 7.30. The Morgan fingerprint density at radius 2 is 2.14 bits per heavy atom. The fourth-order valence-corrected chi connectivity index (χ4v) is 3.01. The van der Waals surface area contributed by atoms with E-state index in [2.05, 4.69) is 5.32 Å². The number of phenolic OH excluding ortho intramolecular Hbond substituents is 1. The molecule has 0 aromatic heterocycles. The third kappa shape index (κ3) is 3.74. The molecule has 1 amide bonds. The van der Waals surface area contributed by atoms with Crippen LogP contribution in [0.3, 0.4) is 0 Å². The van der Waals surface area contributed by atoms with E-state index >= 15 is 0 Å². The van der Waals surface area contributed by atoms with E-state index in [1.165, 1.54) is 0 Å². The van der Waals surface area contributed by atoms with Gasteiger partial charge in [-0.3, -0.25) is 4.79 Å². The zero-order valence-corrected chi connectivity index (χ0v) is 12.8. The van der Waals surface area contributed by atoms with Crippen molar-refractivity contribution >= 4 is 5.91 Å². The summed E-state index contributed by atoms with van der Waals surface area (Å²) in [4.78, 5) is 14.6. The summed E-state index contributed by atoms with van der Waals surface area (Å²) in [6.07, 6.45) is 1.59. The monoisotopic (exact) mass is 292 g/mol. The Morgan fingerprint density at radius 1 is 1.43 bits per heavy atom. The van der Waals surface area contributed by atoms with Crippen molar-refractivity contribution in [3.8, 4) is 5.75 Å². The van der Waals surface area contributed by atoms with Crippen molar-refractivity contribution in [2.75, 3.05) is 33.9 Å². The van der Waals surface area contributed by atoms with Gasteiger partial charge >= 0.3 is 0 Å². The molecule has 1 aromatic carbocycles. The first-order chi connectivity index (χ1) is 10.1. The molecule has 1 saturated heterocycles. The Labute approximate surface area is 125 Å². The van der Waals surface area contributed by atoms with E-state index < -0.39 is 5.41 Å². The fraction of sp³-hybridized carbons (Fsp3) is 0.562. The molecule has 1 aliphatic rings. The van der Waals surface area contributed by atoms with E-state index in [1.807, 2.05) is 13.1 Å². The first kappa shape index (κ1) is 15.8. The Hall–Kier alpha value is -1.59. The fourth-order valence-electron chi connectivity index (χ4n) is 3.01. The van der Waals surface area contributed by atoms with Gasteiger partial charge in [-0.1, -0.05) is 12.1 Å². The minimum Gasteiger partial charge on any atom is -0.508 e.